The van der Waals surface area contributed by atoms with Crippen LogP contribution in [-0.4, -0.2) is 39.5 Å². The second-order valence-corrected chi connectivity index (χ2v) is 8.40. The monoisotopic (exact) mass is 472 g/mol. The largest absolute Gasteiger partial charge is 0.436 e. The molecule has 1 fully saturated rings. The molecule has 2 aromatic rings. The summed E-state index contributed by atoms with van der Waals surface area (Å²) in [6.07, 6.45) is 1.55. The number of primary amides is 1. The number of nitrogens with zero attached hydrogens (tertiary/aromatic N) is 2. The number of halogens is 1. The van der Waals surface area contributed by atoms with Crippen LogP contribution in [-0.2, 0) is 9.53 Å². The molecule has 3 N–H and O–H groups in total. The fourth-order valence-electron chi connectivity index (χ4n) is 3.65. The molecule has 1 aromatic carbocycles. The maximum absolute atomic E-state index is 13.1. The zero-order valence-corrected chi connectivity index (χ0v) is 18.8. The maximum atomic E-state index is 13.1. The molecular formula is C22H25BrN4O3. The Labute approximate surface area is 184 Å². The van der Waals surface area contributed by atoms with Crippen molar-refractivity contribution in [1.82, 2.24) is 14.9 Å². The van der Waals surface area contributed by atoms with E-state index in [9.17, 15) is 9.59 Å². The van der Waals surface area contributed by atoms with Crippen LogP contribution in [0.25, 0.3) is 11.3 Å². The number of nitrogens with one attached hydrogen (secondary N) is 1. The summed E-state index contributed by atoms with van der Waals surface area (Å²) in [7, 11) is 0. The lowest BCUT2D eigenvalue weighted by Gasteiger charge is -2.29. The van der Waals surface area contributed by atoms with E-state index in [-0.39, 0.29) is 17.9 Å². The predicted octanol–water partition coefficient (Wildman–Crippen LogP) is 3.99. The topological polar surface area (TPSA) is 101 Å². The van der Waals surface area contributed by atoms with Crippen molar-refractivity contribution >= 4 is 27.9 Å². The molecule has 2 atom stereocenters. The standard InChI is InChI=1S/C22H25BrN4O3/c1-4-6-14-11-15(8-9-16(14)23)17-12-25-20(26-17)18-7-5-10-27(18)21(28)19(13(2)3)30-22(24)29/h8-9,11-13,18-19H,5,7,10H2,1-3H3,(H2,24,29)(H,25,26)/t18-,19-/m0/s1. The Kier molecular flexibility index (Phi) is 6.83. The highest BCUT2D eigenvalue weighted by Gasteiger charge is 2.38. The van der Waals surface area contributed by atoms with E-state index in [1.165, 1.54) is 0 Å². The van der Waals surface area contributed by atoms with Gasteiger partial charge in [-0.3, -0.25) is 4.79 Å². The number of H-pyrrole nitrogens is 1. The Balaban J connectivity index is 1.85. The zero-order chi connectivity index (χ0) is 21.8. The highest BCUT2D eigenvalue weighted by atomic mass is 79.9. The Morgan fingerprint density at radius 3 is 2.83 bits per heavy atom. The second-order valence-electron chi connectivity index (χ2n) is 7.54. The summed E-state index contributed by atoms with van der Waals surface area (Å²) in [6, 6.07) is 5.73. The summed E-state index contributed by atoms with van der Waals surface area (Å²) < 4.78 is 6.02. The van der Waals surface area contributed by atoms with E-state index in [4.69, 9.17) is 10.5 Å². The van der Waals surface area contributed by atoms with E-state index in [1.54, 1.807) is 18.0 Å². The first-order valence-electron chi connectivity index (χ1n) is 9.86. The molecule has 0 unspecified atom stereocenters. The van der Waals surface area contributed by atoms with Crippen LogP contribution in [0.3, 0.4) is 0 Å². The van der Waals surface area contributed by atoms with Crippen molar-refractivity contribution in [3.8, 4) is 23.1 Å². The van der Waals surface area contributed by atoms with Crippen molar-refractivity contribution in [3.05, 3.63) is 40.3 Å². The molecule has 158 valence electrons. The van der Waals surface area contributed by atoms with Crippen molar-refractivity contribution in [3.63, 3.8) is 0 Å². The predicted molar refractivity (Wildman–Crippen MR) is 117 cm³/mol. The summed E-state index contributed by atoms with van der Waals surface area (Å²) >= 11 is 3.51. The van der Waals surface area contributed by atoms with Gasteiger partial charge in [-0.25, -0.2) is 9.78 Å². The number of carbonyl (C=O) groups is 2. The van der Waals surface area contributed by atoms with Gasteiger partial charge in [-0.1, -0.05) is 25.8 Å². The van der Waals surface area contributed by atoms with Crippen LogP contribution < -0.4 is 5.73 Å². The fourth-order valence-corrected chi connectivity index (χ4v) is 4.00. The Morgan fingerprint density at radius 1 is 1.40 bits per heavy atom. The number of ether oxygens (including phenoxy) is 1. The van der Waals surface area contributed by atoms with E-state index in [0.29, 0.717) is 12.4 Å². The summed E-state index contributed by atoms with van der Waals surface area (Å²) in [6.45, 7) is 6.03. The normalized spacial score (nSPS) is 16.8. The van der Waals surface area contributed by atoms with Gasteiger partial charge in [-0.2, -0.15) is 0 Å². The number of likely N-dealkylation sites (tertiary alicyclic amines) is 1. The number of benzene rings is 1. The molecular weight excluding hydrogens is 448 g/mol. The molecule has 2 heterocycles. The molecule has 1 aliphatic rings. The third-order valence-electron chi connectivity index (χ3n) is 5.08. The van der Waals surface area contributed by atoms with Gasteiger partial charge in [0.25, 0.3) is 5.91 Å². The molecule has 0 spiro atoms. The minimum absolute atomic E-state index is 0.181. The van der Waals surface area contributed by atoms with Crippen molar-refractivity contribution in [2.45, 2.75) is 45.8 Å². The van der Waals surface area contributed by atoms with Gasteiger partial charge in [0.05, 0.1) is 17.9 Å². The summed E-state index contributed by atoms with van der Waals surface area (Å²) in [5.41, 5.74) is 7.87. The molecule has 8 heteroatoms. The lowest BCUT2D eigenvalue weighted by atomic mass is 10.1. The Bertz CT molecular complexity index is 1010. The highest BCUT2D eigenvalue weighted by Crippen LogP contribution is 2.33. The van der Waals surface area contributed by atoms with Crippen molar-refractivity contribution < 1.29 is 14.3 Å². The van der Waals surface area contributed by atoms with Gasteiger partial charge >= 0.3 is 6.09 Å². The number of hydrogen-bond acceptors (Lipinski definition) is 4. The summed E-state index contributed by atoms with van der Waals surface area (Å²) in [5, 5.41) is 0. The van der Waals surface area contributed by atoms with Crippen LogP contribution in [0.4, 0.5) is 4.79 Å². The average molecular weight is 473 g/mol. The van der Waals surface area contributed by atoms with Crippen molar-refractivity contribution in [2.24, 2.45) is 11.7 Å². The van der Waals surface area contributed by atoms with Crippen molar-refractivity contribution in [1.29, 1.82) is 0 Å². The van der Waals surface area contributed by atoms with Gasteiger partial charge in [0.15, 0.2) is 6.10 Å². The minimum atomic E-state index is -0.945. The lowest BCUT2D eigenvalue weighted by Crippen LogP contribution is -2.44. The van der Waals surface area contributed by atoms with Crippen LogP contribution in [0.1, 0.15) is 51.0 Å². The Morgan fingerprint density at radius 2 is 2.17 bits per heavy atom. The van der Waals surface area contributed by atoms with Crippen LogP contribution in [0.2, 0.25) is 0 Å². The molecule has 0 aliphatic carbocycles. The maximum Gasteiger partial charge on any atom is 0.405 e. The average Bonchev–Trinajstić information content (AvgIpc) is 3.36. The molecule has 30 heavy (non-hydrogen) atoms. The lowest BCUT2D eigenvalue weighted by molar-refractivity contribution is -0.143. The highest BCUT2D eigenvalue weighted by molar-refractivity contribution is 9.10. The van der Waals surface area contributed by atoms with E-state index in [2.05, 4.69) is 37.7 Å². The number of aromatic nitrogens is 2. The minimum Gasteiger partial charge on any atom is -0.436 e. The zero-order valence-electron chi connectivity index (χ0n) is 17.2. The Hall–Kier alpha value is -2.79. The molecule has 0 saturated carbocycles. The van der Waals surface area contributed by atoms with Gasteiger partial charge in [0.2, 0.25) is 0 Å². The number of carbonyl (C=O) groups excluding carboxylic acids is 2. The van der Waals surface area contributed by atoms with Gasteiger partial charge in [-0.15, -0.1) is 5.92 Å². The first-order valence-corrected chi connectivity index (χ1v) is 10.6. The smallest absolute Gasteiger partial charge is 0.405 e. The van der Waals surface area contributed by atoms with Gasteiger partial charge in [0.1, 0.15) is 5.82 Å². The van der Waals surface area contributed by atoms with E-state index >= 15 is 0 Å². The van der Waals surface area contributed by atoms with Gasteiger partial charge in [0, 0.05) is 22.1 Å². The van der Waals surface area contributed by atoms with Gasteiger partial charge in [-0.05, 0) is 53.7 Å². The number of imidazole rings is 1. The summed E-state index contributed by atoms with van der Waals surface area (Å²) in [5.74, 6) is 6.27. The quantitative estimate of drug-likeness (QED) is 0.642. The molecule has 0 radical (unpaired) electrons. The SMILES string of the molecule is CC#Cc1cc(-c2cnc([C@@H]3CCCN3C(=O)[C@@H](OC(N)=O)C(C)C)[nH]2)ccc1Br. The van der Waals surface area contributed by atoms with Crippen LogP contribution in [0.5, 0.6) is 0 Å². The third-order valence-corrected chi connectivity index (χ3v) is 5.77. The van der Waals surface area contributed by atoms with E-state index in [1.807, 2.05) is 32.0 Å². The number of aromatic amines is 1. The number of amides is 2. The second kappa shape index (κ2) is 9.35. The molecule has 7 nitrogen and oxygen atoms in total. The van der Waals surface area contributed by atoms with Crippen LogP contribution >= 0.6 is 15.9 Å². The first kappa shape index (κ1) is 21.9. The van der Waals surface area contributed by atoms with Gasteiger partial charge < -0.3 is 20.4 Å². The number of rotatable bonds is 5. The molecule has 1 aromatic heterocycles. The van der Waals surface area contributed by atoms with E-state index < -0.39 is 12.2 Å². The summed E-state index contributed by atoms with van der Waals surface area (Å²) in [4.78, 5) is 33.9. The molecule has 2 amide bonds. The number of nitrogens with two attached hydrogens (primary N) is 1. The number of hydrogen-bond donors (Lipinski definition) is 2. The van der Waals surface area contributed by atoms with Crippen LogP contribution in [0, 0.1) is 17.8 Å². The fraction of sp³-hybridized carbons (Fsp3) is 0.409. The van der Waals surface area contributed by atoms with Crippen LogP contribution in [0.15, 0.2) is 28.9 Å². The molecule has 1 saturated heterocycles. The first-order chi connectivity index (χ1) is 14.3. The molecule has 1 aliphatic heterocycles. The third kappa shape index (κ3) is 4.68. The molecule has 0 bridgehead atoms. The van der Waals surface area contributed by atoms with Crippen molar-refractivity contribution in [2.75, 3.05) is 6.54 Å². The van der Waals surface area contributed by atoms with E-state index in [0.717, 1.165) is 34.1 Å². The molecule has 3 rings (SSSR count).